The highest BCUT2D eigenvalue weighted by Crippen LogP contribution is 2.29. The van der Waals surface area contributed by atoms with Gasteiger partial charge in [-0.2, -0.15) is 0 Å². The molecule has 2 aromatic carbocycles. The second-order valence-electron chi connectivity index (χ2n) is 7.94. The molecule has 1 saturated heterocycles. The summed E-state index contributed by atoms with van der Waals surface area (Å²) >= 11 is 0. The molecule has 3 aromatic rings. The van der Waals surface area contributed by atoms with Crippen LogP contribution in [-0.4, -0.2) is 58.3 Å². The number of amides is 2. The largest absolute Gasteiger partial charge is 0.424 e. The second-order valence-corrected chi connectivity index (χ2v) is 7.94. The predicted octanol–water partition coefficient (Wildman–Crippen LogP) is 3.03. The molecule has 0 bridgehead atoms. The molecule has 2 heterocycles. The van der Waals surface area contributed by atoms with Crippen molar-refractivity contribution >= 4 is 11.8 Å². The van der Waals surface area contributed by atoms with E-state index < -0.39 is 0 Å². The summed E-state index contributed by atoms with van der Waals surface area (Å²) in [7, 11) is 1.62. The Labute approximate surface area is 193 Å². The number of rotatable bonds is 6. The minimum Gasteiger partial charge on any atom is -0.424 e. The summed E-state index contributed by atoms with van der Waals surface area (Å²) in [4.78, 5) is 36.7. The SMILES string of the molecule is CNC(=O)c1cccc([C@@H]2CN(C(C)=O)CCN2Cc2cccc(Oc3ncccn3)c2)c1. The van der Waals surface area contributed by atoms with E-state index in [0.717, 1.165) is 17.7 Å². The molecule has 33 heavy (non-hydrogen) atoms. The molecule has 0 spiro atoms. The van der Waals surface area contributed by atoms with E-state index in [-0.39, 0.29) is 17.9 Å². The Morgan fingerprint density at radius 1 is 1.06 bits per heavy atom. The quantitative estimate of drug-likeness (QED) is 0.628. The number of carbonyl (C=O) groups excluding carboxylic acids is 2. The van der Waals surface area contributed by atoms with Gasteiger partial charge in [-0.25, -0.2) is 9.97 Å². The molecule has 8 nitrogen and oxygen atoms in total. The summed E-state index contributed by atoms with van der Waals surface area (Å²) in [6.07, 6.45) is 3.27. The number of nitrogens with zero attached hydrogens (tertiary/aromatic N) is 4. The highest BCUT2D eigenvalue weighted by atomic mass is 16.5. The van der Waals surface area contributed by atoms with Crippen molar-refractivity contribution in [2.75, 3.05) is 26.7 Å². The first-order valence-corrected chi connectivity index (χ1v) is 10.9. The normalized spacial score (nSPS) is 16.3. The number of aromatic nitrogens is 2. The standard InChI is InChI=1S/C25H27N5O3/c1-18(31)29-12-13-30(23(17-29)20-7-4-8-21(15-20)24(32)26-2)16-19-6-3-9-22(14-19)33-25-27-10-5-11-28-25/h3-11,14-15,23H,12-13,16-17H2,1-2H3,(H,26,32)/t23-/m0/s1. The van der Waals surface area contributed by atoms with Crippen molar-refractivity contribution in [1.82, 2.24) is 25.1 Å². The third-order valence-corrected chi connectivity index (χ3v) is 5.73. The van der Waals surface area contributed by atoms with Gasteiger partial charge in [-0.15, -0.1) is 0 Å². The van der Waals surface area contributed by atoms with Crippen molar-refractivity contribution in [2.45, 2.75) is 19.5 Å². The fourth-order valence-electron chi connectivity index (χ4n) is 4.03. The van der Waals surface area contributed by atoms with Crippen molar-refractivity contribution < 1.29 is 14.3 Å². The number of carbonyl (C=O) groups is 2. The van der Waals surface area contributed by atoms with Gasteiger partial charge in [0.1, 0.15) is 5.75 Å². The van der Waals surface area contributed by atoms with Crippen molar-refractivity contribution in [1.29, 1.82) is 0 Å². The highest BCUT2D eigenvalue weighted by molar-refractivity contribution is 5.94. The molecule has 4 rings (SSSR count). The summed E-state index contributed by atoms with van der Waals surface area (Å²) in [5.74, 6) is 0.593. The lowest BCUT2D eigenvalue weighted by Gasteiger charge is -2.41. The van der Waals surface area contributed by atoms with E-state index in [1.807, 2.05) is 47.4 Å². The van der Waals surface area contributed by atoms with Crippen LogP contribution in [0.5, 0.6) is 11.8 Å². The van der Waals surface area contributed by atoms with E-state index in [1.54, 1.807) is 38.5 Å². The summed E-state index contributed by atoms with van der Waals surface area (Å²) in [5, 5.41) is 2.67. The summed E-state index contributed by atoms with van der Waals surface area (Å²) in [6, 6.07) is 17.5. The molecule has 1 aliphatic rings. The molecule has 1 N–H and O–H groups in total. The second kappa shape index (κ2) is 10.2. The van der Waals surface area contributed by atoms with Gasteiger partial charge in [-0.05, 0) is 41.5 Å². The highest BCUT2D eigenvalue weighted by Gasteiger charge is 2.30. The summed E-state index contributed by atoms with van der Waals surface area (Å²) in [6.45, 7) is 4.23. The zero-order valence-electron chi connectivity index (χ0n) is 18.8. The van der Waals surface area contributed by atoms with Crippen LogP contribution in [0.1, 0.15) is 34.5 Å². The van der Waals surface area contributed by atoms with Crippen LogP contribution in [0, 0.1) is 0 Å². The number of hydrogen-bond acceptors (Lipinski definition) is 6. The molecule has 1 fully saturated rings. The van der Waals surface area contributed by atoms with Crippen LogP contribution in [0.3, 0.4) is 0 Å². The first-order chi connectivity index (χ1) is 16.0. The van der Waals surface area contributed by atoms with E-state index in [9.17, 15) is 9.59 Å². The maximum atomic E-state index is 12.2. The van der Waals surface area contributed by atoms with Gasteiger partial charge in [0.25, 0.3) is 5.91 Å². The van der Waals surface area contributed by atoms with Gasteiger partial charge in [-0.3, -0.25) is 14.5 Å². The van der Waals surface area contributed by atoms with Crippen molar-refractivity contribution in [3.63, 3.8) is 0 Å². The number of ether oxygens (including phenoxy) is 1. The number of hydrogen-bond donors (Lipinski definition) is 1. The third kappa shape index (κ3) is 5.53. The Kier molecular flexibility index (Phi) is 6.95. The van der Waals surface area contributed by atoms with E-state index in [0.29, 0.717) is 37.0 Å². The molecule has 8 heteroatoms. The molecular weight excluding hydrogens is 418 g/mol. The molecule has 0 aliphatic carbocycles. The van der Waals surface area contributed by atoms with Gasteiger partial charge in [-0.1, -0.05) is 24.3 Å². The van der Waals surface area contributed by atoms with Crippen LogP contribution in [0.4, 0.5) is 0 Å². The van der Waals surface area contributed by atoms with Crippen molar-refractivity contribution in [3.8, 4) is 11.8 Å². The Morgan fingerprint density at radius 3 is 2.61 bits per heavy atom. The van der Waals surface area contributed by atoms with E-state index >= 15 is 0 Å². The van der Waals surface area contributed by atoms with Gasteiger partial charge in [0.2, 0.25) is 5.91 Å². The number of piperazine rings is 1. The Balaban J connectivity index is 1.57. The van der Waals surface area contributed by atoms with Gasteiger partial charge >= 0.3 is 6.01 Å². The molecule has 2 amide bonds. The molecule has 1 aromatic heterocycles. The molecule has 170 valence electrons. The summed E-state index contributed by atoms with van der Waals surface area (Å²) < 4.78 is 5.78. The lowest BCUT2D eigenvalue weighted by atomic mass is 9.99. The Hall–Kier alpha value is -3.78. The van der Waals surface area contributed by atoms with Crippen LogP contribution in [0.25, 0.3) is 0 Å². The van der Waals surface area contributed by atoms with Gasteiger partial charge in [0, 0.05) is 58.1 Å². The van der Waals surface area contributed by atoms with Crippen LogP contribution in [0.2, 0.25) is 0 Å². The molecule has 0 unspecified atom stereocenters. The zero-order chi connectivity index (χ0) is 23.2. The fourth-order valence-corrected chi connectivity index (χ4v) is 4.03. The Morgan fingerprint density at radius 2 is 1.85 bits per heavy atom. The molecule has 0 saturated carbocycles. The zero-order valence-corrected chi connectivity index (χ0v) is 18.8. The topological polar surface area (TPSA) is 87.7 Å². The maximum absolute atomic E-state index is 12.2. The maximum Gasteiger partial charge on any atom is 0.321 e. The molecule has 1 atom stereocenters. The van der Waals surface area contributed by atoms with Crippen LogP contribution >= 0.6 is 0 Å². The smallest absolute Gasteiger partial charge is 0.321 e. The average molecular weight is 446 g/mol. The number of benzene rings is 2. The Bertz CT molecular complexity index is 1120. The summed E-state index contributed by atoms with van der Waals surface area (Å²) in [5.41, 5.74) is 2.69. The lowest BCUT2D eigenvalue weighted by Crippen LogP contribution is -2.49. The van der Waals surface area contributed by atoms with Crippen LogP contribution in [-0.2, 0) is 11.3 Å². The van der Waals surface area contributed by atoms with E-state index in [4.69, 9.17) is 4.74 Å². The third-order valence-electron chi connectivity index (χ3n) is 5.73. The van der Waals surface area contributed by atoms with E-state index in [2.05, 4.69) is 20.2 Å². The minimum absolute atomic E-state index is 0.0331. The lowest BCUT2D eigenvalue weighted by molar-refractivity contribution is -0.132. The molecule has 0 radical (unpaired) electrons. The first kappa shape index (κ1) is 22.4. The minimum atomic E-state index is -0.129. The monoisotopic (exact) mass is 445 g/mol. The first-order valence-electron chi connectivity index (χ1n) is 10.9. The molecule has 1 aliphatic heterocycles. The van der Waals surface area contributed by atoms with E-state index in [1.165, 1.54) is 0 Å². The van der Waals surface area contributed by atoms with Crippen molar-refractivity contribution in [3.05, 3.63) is 83.7 Å². The molecular formula is C25H27N5O3. The number of nitrogens with one attached hydrogen (secondary N) is 1. The van der Waals surface area contributed by atoms with Crippen LogP contribution < -0.4 is 10.1 Å². The van der Waals surface area contributed by atoms with Gasteiger partial charge < -0.3 is 15.0 Å². The van der Waals surface area contributed by atoms with Crippen molar-refractivity contribution in [2.24, 2.45) is 0 Å². The fraction of sp³-hybridized carbons (Fsp3) is 0.280. The van der Waals surface area contributed by atoms with Gasteiger partial charge in [0.05, 0.1) is 6.04 Å². The predicted molar refractivity (Wildman–Crippen MR) is 124 cm³/mol. The van der Waals surface area contributed by atoms with Gasteiger partial charge in [0.15, 0.2) is 0 Å². The van der Waals surface area contributed by atoms with Crippen LogP contribution in [0.15, 0.2) is 67.0 Å². The average Bonchev–Trinajstić information content (AvgIpc) is 2.84.